The summed E-state index contributed by atoms with van der Waals surface area (Å²) in [6.07, 6.45) is 0. The fraction of sp³-hybridized carbons (Fsp3) is 0.500. The fourth-order valence-corrected chi connectivity index (χ4v) is 0. The molecule has 0 unspecified atom stereocenters. The Hall–Kier alpha value is 0.434. The molecule has 0 atom stereocenters. The van der Waals surface area contributed by atoms with Gasteiger partial charge < -0.3 is 0 Å². The Morgan fingerprint density at radius 2 is 2.25 bits per heavy atom. The van der Waals surface area contributed by atoms with Crippen molar-refractivity contribution in [1.29, 1.82) is 0 Å². The quantitative estimate of drug-likeness (QED) is 0.393. The van der Waals surface area contributed by atoms with E-state index in [1.165, 1.54) is 0 Å². The molecule has 0 spiro atoms. The Labute approximate surface area is 32.6 Å². The van der Waals surface area contributed by atoms with Gasteiger partial charge in [-0.3, -0.25) is 0 Å². The molecule has 0 amide bonds. The molecule has 0 fully saturated rings. The van der Waals surface area contributed by atoms with Gasteiger partial charge >= 0.3 is 0 Å². The summed E-state index contributed by atoms with van der Waals surface area (Å²) in [6, 6.07) is 1.01. The third-order valence-electron chi connectivity index (χ3n) is 0.125. The van der Waals surface area contributed by atoms with Crippen molar-refractivity contribution in [1.82, 2.24) is 0 Å². The van der Waals surface area contributed by atoms with E-state index < -0.39 is 0 Å². The van der Waals surface area contributed by atoms with Crippen LogP contribution in [0.25, 0.3) is 0 Å². The van der Waals surface area contributed by atoms with Crippen LogP contribution in [-0.4, -0.2) is 18.8 Å². The minimum Gasteiger partial charge on any atom is -0.0640 e. The molecule has 0 N–H and O–H groups in total. The smallest absolute Gasteiger partial charge is 0.0180 e. The summed E-state index contributed by atoms with van der Waals surface area (Å²) in [7, 11) is 4.09. The van der Waals surface area contributed by atoms with Crippen LogP contribution in [0.1, 0.15) is 0 Å². The average molecular weight is 84.2 g/mol. The third kappa shape index (κ3) is 2.43. The van der Waals surface area contributed by atoms with Gasteiger partial charge in [0.05, 0.1) is 0 Å². The maximum Gasteiger partial charge on any atom is 0.0180 e. The molecule has 0 heterocycles. The highest BCUT2D eigenvalue weighted by molar-refractivity contribution is 6.89. The summed E-state index contributed by atoms with van der Waals surface area (Å²) >= 11 is 0. The van der Waals surface area contributed by atoms with Gasteiger partial charge in [0, 0.05) is 18.8 Å². The molecular weight excluding hydrogens is 80.2 g/mol. The lowest BCUT2D eigenvalue weighted by Gasteiger charge is -1.64. The number of rotatable bonds is 1. The molecule has 0 aromatic rings. The van der Waals surface area contributed by atoms with E-state index in [9.17, 15) is 0 Å². The molecule has 0 aliphatic heterocycles. The van der Waals surface area contributed by atoms with Gasteiger partial charge in [-0.2, -0.15) is 0 Å². The van der Waals surface area contributed by atoms with E-state index in [1.54, 1.807) is 0 Å². The lowest BCUT2D eigenvalue weighted by molar-refractivity contribution is 1.75. The van der Waals surface area contributed by atoms with Gasteiger partial charge in [0.1, 0.15) is 0 Å². The molecule has 0 aliphatic carbocycles. The van der Waals surface area contributed by atoms with E-state index >= 15 is 0 Å². The molecule has 6 radical (unpaired) electrons. The Morgan fingerprint density at radius 3 is 2.25 bits per heavy atom. The van der Waals surface area contributed by atoms with Crippen molar-refractivity contribution in [2.75, 3.05) is 0 Å². The van der Waals surface area contributed by atoms with E-state index in [1.807, 2.05) is 0 Å². The zero-order valence-corrected chi connectivity index (χ0v) is 4.41. The first kappa shape index (κ1) is 4.43. The van der Waals surface area contributed by atoms with Crippen molar-refractivity contribution in [3.05, 3.63) is 6.92 Å². The van der Waals surface area contributed by atoms with E-state index in [-0.39, 0.29) is 0 Å². The SMILES string of the molecule is [CH2]C[Si][Si]. The maximum absolute atomic E-state index is 3.57. The lowest BCUT2D eigenvalue weighted by Crippen LogP contribution is -1.78. The second-order valence-electron chi connectivity index (χ2n) is 0.427. The molecule has 20 valence electrons. The fourth-order valence-electron chi connectivity index (χ4n) is 0. The molecule has 0 saturated carbocycles. The van der Waals surface area contributed by atoms with Gasteiger partial charge in [0.25, 0.3) is 0 Å². The van der Waals surface area contributed by atoms with E-state index in [2.05, 4.69) is 16.7 Å². The number of hydrogen-bond acceptors (Lipinski definition) is 0. The summed E-state index contributed by atoms with van der Waals surface area (Å²) in [6.45, 7) is 3.57. The normalized spacial score (nSPS) is 7.50. The predicted molar refractivity (Wildman–Crippen MR) is 21.7 cm³/mol. The standard InChI is InChI=1S/C2H4Si2/c1-2-4-3/h1-2H2. The van der Waals surface area contributed by atoms with Gasteiger partial charge in [-0.15, -0.1) is 0 Å². The highest BCUT2D eigenvalue weighted by Gasteiger charge is 1.60. The van der Waals surface area contributed by atoms with Crippen molar-refractivity contribution in [3.63, 3.8) is 0 Å². The highest BCUT2D eigenvalue weighted by atomic mass is 29.1. The van der Waals surface area contributed by atoms with Crippen LogP contribution in [0.15, 0.2) is 0 Å². The first-order valence-corrected chi connectivity index (χ1v) is 3.81. The summed E-state index contributed by atoms with van der Waals surface area (Å²) in [4.78, 5) is 0. The van der Waals surface area contributed by atoms with Crippen LogP contribution in [0.4, 0.5) is 0 Å². The maximum atomic E-state index is 3.57. The highest BCUT2D eigenvalue weighted by Crippen LogP contribution is 1.58. The minimum atomic E-state index is 0.835. The monoisotopic (exact) mass is 84.0 g/mol. The minimum absolute atomic E-state index is 0.835. The largest absolute Gasteiger partial charge is 0.0640 e. The Morgan fingerprint density at radius 1 is 2.00 bits per heavy atom. The molecule has 0 saturated heterocycles. The molecule has 0 aromatic carbocycles. The van der Waals surface area contributed by atoms with Crippen molar-refractivity contribution in [2.45, 2.75) is 6.04 Å². The Bertz CT molecular complexity index is 6.00. The van der Waals surface area contributed by atoms with Crippen LogP contribution in [0.3, 0.4) is 0 Å². The van der Waals surface area contributed by atoms with E-state index in [0.717, 1.165) is 15.1 Å². The topological polar surface area (TPSA) is 0 Å². The zero-order valence-electron chi connectivity index (χ0n) is 2.41. The van der Waals surface area contributed by atoms with Gasteiger partial charge in [-0.25, -0.2) is 0 Å². The third-order valence-corrected chi connectivity index (χ3v) is 1.12. The van der Waals surface area contributed by atoms with Crippen LogP contribution in [0.2, 0.25) is 6.04 Å². The number of hydrogen-bond donors (Lipinski definition) is 0. The molecule has 4 heavy (non-hydrogen) atoms. The molecule has 0 bridgehead atoms. The van der Waals surface area contributed by atoms with Crippen molar-refractivity contribution >= 4 is 18.8 Å². The van der Waals surface area contributed by atoms with Crippen LogP contribution in [0.5, 0.6) is 0 Å². The van der Waals surface area contributed by atoms with Gasteiger partial charge in [0.2, 0.25) is 0 Å². The summed E-state index contributed by atoms with van der Waals surface area (Å²) in [5.74, 6) is 0. The zero-order chi connectivity index (χ0) is 3.41. The van der Waals surface area contributed by atoms with Gasteiger partial charge in [0.15, 0.2) is 0 Å². The lowest BCUT2D eigenvalue weighted by atomic mass is 11.0. The van der Waals surface area contributed by atoms with Crippen LogP contribution < -0.4 is 0 Å². The second-order valence-corrected chi connectivity index (χ2v) is 2.34. The summed E-state index contributed by atoms with van der Waals surface area (Å²) in [5.41, 5.74) is 0. The Balaban J connectivity index is 1.97. The Kier molecular flexibility index (Phi) is 3.81. The first-order valence-electron chi connectivity index (χ1n) is 1.10. The van der Waals surface area contributed by atoms with Crippen molar-refractivity contribution in [2.24, 2.45) is 0 Å². The van der Waals surface area contributed by atoms with Crippen LogP contribution in [0, 0.1) is 6.92 Å². The molecule has 0 nitrogen and oxygen atoms in total. The summed E-state index contributed by atoms with van der Waals surface area (Å²) < 4.78 is 0. The van der Waals surface area contributed by atoms with Gasteiger partial charge in [-0.05, 0) is 0 Å². The molecule has 0 aromatic heterocycles. The van der Waals surface area contributed by atoms with E-state index in [4.69, 9.17) is 0 Å². The molecule has 0 aliphatic rings. The van der Waals surface area contributed by atoms with Crippen molar-refractivity contribution in [3.8, 4) is 0 Å². The van der Waals surface area contributed by atoms with E-state index in [0.29, 0.717) is 0 Å². The van der Waals surface area contributed by atoms with Gasteiger partial charge in [-0.1, -0.05) is 13.0 Å². The predicted octanol–water partition coefficient (Wildman–Crippen LogP) is 0.0265. The first-order chi connectivity index (χ1) is 1.91. The summed E-state index contributed by atoms with van der Waals surface area (Å²) in [5, 5.41) is 0. The molecule has 0 rings (SSSR count). The second kappa shape index (κ2) is 3.43. The van der Waals surface area contributed by atoms with Crippen LogP contribution >= 0.6 is 0 Å². The average Bonchev–Trinajstić information content (AvgIpc) is 1.37. The van der Waals surface area contributed by atoms with Crippen molar-refractivity contribution < 1.29 is 0 Å². The molecule has 2 heteroatoms. The molecular formula is C2H4Si2. The van der Waals surface area contributed by atoms with Crippen LogP contribution in [-0.2, 0) is 0 Å².